The fourth-order valence-corrected chi connectivity index (χ4v) is 1.94. The van der Waals surface area contributed by atoms with E-state index in [0.717, 1.165) is 5.56 Å². The molecule has 0 spiro atoms. The minimum absolute atomic E-state index is 0.443. The number of rotatable bonds is 10. The summed E-state index contributed by atoms with van der Waals surface area (Å²) in [6.07, 6.45) is 0. The van der Waals surface area contributed by atoms with Crippen LogP contribution in [0, 0.1) is 0 Å². The fraction of sp³-hybridized carbons (Fsp3) is 0.571. The number of hydrogen-bond acceptors (Lipinski definition) is 5. The first-order chi connectivity index (χ1) is 9.72. The van der Waals surface area contributed by atoms with Gasteiger partial charge in [-0.3, -0.25) is 0 Å². The molecule has 0 aliphatic carbocycles. The predicted octanol–water partition coefficient (Wildman–Crippen LogP) is 2.11. The average Bonchev–Trinajstić information content (AvgIpc) is 2.44. The molecule has 0 radical (unpaired) electrons. The Hall–Kier alpha value is -1.01. The Bertz CT molecular complexity index is 401. The smallest absolute Gasteiger partial charge is 0.165 e. The van der Waals surface area contributed by atoms with Crippen molar-refractivity contribution in [3.63, 3.8) is 0 Å². The lowest BCUT2D eigenvalue weighted by Crippen LogP contribution is -2.13. The van der Waals surface area contributed by atoms with Crippen LogP contribution < -0.4 is 14.8 Å². The molecule has 1 rings (SSSR count). The second-order valence-corrected chi connectivity index (χ2v) is 4.52. The molecule has 0 fully saturated rings. The number of nitrogens with one attached hydrogen (secondary N) is 1. The van der Waals surface area contributed by atoms with Crippen molar-refractivity contribution < 1.29 is 18.9 Å². The van der Waals surface area contributed by atoms with Crippen LogP contribution in [0.3, 0.4) is 0 Å². The first-order valence-corrected chi connectivity index (χ1v) is 6.81. The second-order valence-electron chi connectivity index (χ2n) is 4.08. The molecule has 0 heterocycles. The molecular weight excluding hydrogens is 282 g/mol. The number of ether oxygens (including phenoxy) is 4. The molecule has 0 aromatic heterocycles. The van der Waals surface area contributed by atoms with E-state index in [1.807, 2.05) is 13.1 Å². The van der Waals surface area contributed by atoms with Crippen molar-refractivity contribution >= 4 is 11.6 Å². The normalized spacial score (nSPS) is 10.6. The summed E-state index contributed by atoms with van der Waals surface area (Å²) < 4.78 is 21.3. The van der Waals surface area contributed by atoms with Crippen LogP contribution in [-0.4, -0.2) is 47.7 Å². The van der Waals surface area contributed by atoms with Crippen molar-refractivity contribution in [3.05, 3.63) is 22.7 Å². The third kappa shape index (κ3) is 5.54. The lowest BCUT2D eigenvalue weighted by Gasteiger charge is -2.15. The summed E-state index contributed by atoms with van der Waals surface area (Å²) in [6, 6.07) is 3.60. The van der Waals surface area contributed by atoms with Crippen molar-refractivity contribution in [3.8, 4) is 11.5 Å². The van der Waals surface area contributed by atoms with Crippen molar-refractivity contribution in [2.75, 3.05) is 47.7 Å². The maximum atomic E-state index is 6.05. The van der Waals surface area contributed by atoms with E-state index in [1.165, 1.54) is 0 Å². The van der Waals surface area contributed by atoms with Gasteiger partial charge in [-0.15, -0.1) is 0 Å². The van der Waals surface area contributed by atoms with Crippen molar-refractivity contribution in [2.45, 2.75) is 6.54 Å². The molecule has 1 N–H and O–H groups in total. The monoisotopic (exact) mass is 303 g/mol. The molecule has 114 valence electrons. The van der Waals surface area contributed by atoms with Crippen molar-refractivity contribution in [2.24, 2.45) is 0 Å². The van der Waals surface area contributed by atoms with Crippen LogP contribution >= 0.6 is 11.6 Å². The zero-order valence-corrected chi connectivity index (χ0v) is 13.0. The van der Waals surface area contributed by atoms with E-state index in [4.69, 9.17) is 30.5 Å². The summed E-state index contributed by atoms with van der Waals surface area (Å²) in [5, 5.41) is 3.70. The van der Waals surface area contributed by atoms with E-state index in [1.54, 1.807) is 20.3 Å². The molecule has 0 saturated carbocycles. The van der Waals surface area contributed by atoms with Crippen LogP contribution in [-0.2, 0) is 16.0 Å². The van der Waals surface area contributed by atoms with Crippen LogP contribution in [0.15, 0.2) is 12.1 Å². The van der Waals surface area contributed by atoms with Gasteiger partial charge in [-0.05, 0) is 13.1 Å². The van der Waals surface area contributed by atoms with Gasteiger partial charge in [0.05, 0.1) is 26.9 Å². The highest BCUT2D eigenvalue weighted by Gasteiger charge is 2.12. The molecule has 1 aromatic carbocycles. The van der Waals surface area contributed by atoms with E-state index < -0.39 is 0 Å². The average molecular weight is 304 g/mol. The SMILES string of the molecule is CNCc1cc(Cl)cc(OC)c1OCCOCCOC. The second kappa shape index (κ2) is 9.83. The minimum Gasteiger partial charge on any atom is -0.493 e. The van der Waals surface area contributed by atoms with Crippen LogP contribution in [0.25, 0.3) is 0 Å². The summed E-state index contributed by atoms with van der Waals surface area (Å²) in [5.74, 6) is 1.32. The van der Waals surface area contributed by atoms with Crippen molar-refractivity contribution in [1.82, 2.24) is 5.32 Å². The summed E-state index contributed by atoms with van der Waals surface area (Å²) in [7, 11) is 5.10. The molecule has 0 saturated heterocycles. The largest absolute Gasteiger partial charge is 0.493 e. The number of benzene rings is 1. The maximum Gasteiger partial charge on any atom is 0.165 e. The Labute approximate surface area is 125 Å². The van der Waals surface area contributed by atoms with Crippen LogP contribution in [0.4, 0.5) is 0 Å². The lowest BCUT2D eigenvalue weighted by molar-refractivity contribution is 0.0538. The van der Waals surface area contributed by atoms with Gasteiger partial charge in [0.25, 0.3) is 0 Å². The molecule has 20 heavy (non-hydrogen) atoms. The Kier molecular flexibility index (Phi) is 8.37. The fourth-order valence-electron chi connectivity index (χ4n) is 1.71. The number of methoxy groups -OCH3 is 2. The van der Waals surface area contributed by atoms with E-state index in [2.05, 4.69) is 5.32 Å². The quantitative estimate of drug-likeness (QED) is 0.671. The summed E-state index contributed by atoms with van der Waals surface area (Å²) in [6.45, 7) is 2.72. The summed E-state index contributed by atoms with van der Waals surface area (Å²) in [4.78, 5) is 0. The van der Waals surface area contributed by atoms with Gasteiger partial charge in [-0.2, -0.15) is 0 Å². The van der Waals surface area contributed by atoms with Gasteiger partial charge in [0, 0.05) is 30.3 Å². The molecule has 0 amide bonds. The number of halogens is 1. The standard InChI is InChI=1S/C14H22ClNO4/c1-16-10-11-8-12(15)9-13(18-3)14(11)20-7-6-19-5-4-17-2/h8-9,16H,4-7,10H2,1-3H3. The molecule has 0 aliphatic rings. The molecule has 0 bridgehead atoms. The Morgan fingerprint density at radius 1 is 1.10 bits per heavy atom. The van der Waals surface area contributed by atoms with Gasteiger partial charge in [0.15, 0.2) is 11.5 Å². The predicted molar refractivity (Wildman–Crippen MR) is 79.0 cm³/mol. The molecule has 1 aromatic rings. The van der Waals surface area contributed by atoms with Gasteiger partial charge in [-0.25, -0.2) is 0 Å². The highest BCUT2D eigenvalue weighted by molar-refractivity contribution is 6.30. The van der Waals surface area contributed by atoms with E-state index in [-0.39, 0.29) is 0 Å². The summed E-state index contributed by atoms with van der Waals surface area (Å²) >= 11 is 6.05. The first-order valence-electron chi connectivity index (χ1n) is 6.43. The van der Waals surface area contributed by atoms with Gasteiger partial charge >= 0.3 is 0 Å². The van der Waals surface area contributed by atoms with Gasteiger partial charge in [0.2, 0.25) is 0 Å². The molecule has 5 nitrogen and oxygen atoms in total. The zero-order chi connectivity index (χ0) is 14.8. The van der Waals surface area contributed by atoms with Crippen LogP contribution in [0.1, 0.15) is 5.56 Å². The summed E-state index contributed by atoms with van der Waals surface area (Å²) in [5.41, 5.74) is 0.953. The lowest BCUT2D eigenvalue weighted by atomic mass is 10.2. The maximum absolute atomic E-state index is 6.05. The van der Waals surface area contributed by atoms with E-state index >= 15 is 0 Å². The van der Waals surface area contributed by atoms with E-state index in [0.29, 0.717) is 49.5 Å². The number of hydrogen-bond donors (Lipinski definition) is 1. The van der Waals surface area contributed by atoms with Gasteiger partial charge in [-0.1, -0.05) is 11.6 Å². The van der Waals surface area contributed by atoms with Gasteiger partial charge in [0.1, 0.15) is 6.61 Å². The molecular formula is C14H22ClNO4. The Morgan fingerprint density at radius 2 is 1.85 bits per heavy atom. The minimum atomic E-state index is 0.443. The van der Waals surface area contributed by atoms with E-state index in [9.17, 15) is 0 Å². The zero-order valence-electron chi connectivity index (χ0n) is 12.2. The molecule has 0 atom stereocenters. The topological polar surface area (TPSA) is 49.0 Å². The third-order valence-corrected chi connectivity index (χ3v) is 2.81. The highest BCUT2D eigenvalue weighted by atomic mass is 35.5. The highest BCUT2D eigenvalue weighted by Crippen LogP contribution is 2.34. The molecule has 0 aliphatic heterocycles. The molecule has 0 unspecified atom stereocenters. The third-order valence-electron chi connectivity index (χ3n) is 2.59. The van der Waals surface area contributed by atoms with Gasteiger partial charge < -0.3 is 24.3 Å². The Balaban J connectivity index is 2.61. The molecule has 6 heteroatoms. The Morgan fingerprint density at radius 3 is 2.50 bits per heavy atom. The van der Waals surface area contributed by atoms with Crippen LogP contribution in [0.2, 0.25) is 5.02 Å². The van der Waals surface area contributed by atoms with Crippen molar-refractivity contribution in [1.29, 1.82) is 0 Å². The van der Waals surface area contributed by atoms with Crippen LogP contribution in [0.5, 0.6) is 11.5 Å². The first kappa shape index (κ1) is 17.0.